The molecule has 9 nitrogen and oxygen atoms in total. The Morgan fingerprint density at radius 2 is 1.64 bits per heavy atom. The maximum Gasteiger partial charge on any atom is 0.377 e. The van der Waals surface area contributed by atoms with Gasteiger partial charge in [0.15, 0.2) is 11.9 Å². The molecule has 6 aliphatic rings. The average molecular weight is 657 g/mol. The minimum Gasteiger partial charge on any atom is -0.505 e. The molecule has 0 radical (unpaired) electrons. The van der Waals surface area contributed by atoms with Crippen molar-refractivity contribution in [1.82, 2.24) is 0 Å². The fourth-order valence-corrected chi connectivity index (χ4v) is 12.1. The van der Waals surface area contributed by atoms with E-state index in [2.05, 4.69) is 54.5 Å². The number of hydrogen-bond acceptors (Lipinski definition) is 9. The molecule has 0 saturated heterocycles. The van der Waals surface area contributed by atoms with Crippen LogP contribution in [-0.4, -0.2) is 58.1 Å². The van der Waals surface area contributed by atoms with Gasteiger partial charge in [-0.05, 0) is 104 Å². The van der Waals surface area contributed by atoms with Crippen LogP contribution in [0.5, 0.6) is 0 Å². The van der Waals surface area contributed by atoms with Crippen LogP contribution in [0.25, 0.3) is 0 Å². The highest BCUT2D eigenvalue weighted by molar-refractivity contribution is 5.89. The van der Waals surface area contributed by atoms with E-state index in [9.17, 15) is 29.7 Å². The van der Waals surface area contributed by atoms with Gasteiger partial charge >= 0.3 is 17.9 Å². The first-order valence-electron chi connectivity index (χ1n) is 17.8. The summed E-state index contributed by atoms with van der Waals surface area (Å²) >= 11 is 0. The summed E-state index contributed by atoms with van der Waals surface area (Å²) < 4.78 is 16.6. The second-order valence-electron chi connectivity index (χ2n) is 18.1. The summed E-state index contributed by atoms with van der Waals surface area (Å²) in [6, 6.07) is 0. The van der Waals surface area contributed by atoms with Crippen LogP contribution < -0.4 is 0 Å². The van der Waals surface area contributed by atoms with Crippen LogP contribution in [0.3, 0.4) is 0 Å². The summed E-state index contributed by atoms with van der Waals surface area (Å²) in [5.41, 5.74) is 0.675. The number of carbonyl (C=O) groups is 3. The van der Waals surface area contributed by atoms with E-state index in [4.69, 9.17) is 14.2 Å². The summed E-state index contributed by atoms with van der Waals surface area (Å²) in [7, 11) is 0. The quantitative estimate of drug-likeness (QED) is 0.164. The van der Waals surface area contributed by atoms with E-state index in [1.54, 1.807) is 0 Å². The summed E-state index contributed by atoms with van der Waals surface area (Å²) in [4.78, 5) is 37.9. The van der Waals surface area contributed by atoms with Crippen molar-refractivity contribution in [2.24, 2.45) is 50.2 Å². The van der Waals surface area contributed by atoms with Gasteiger partial charge in [-0.3, -0.25) is 9.59 Å². The Hall–Kier alpha value is -2.55. The van der Waals surface area contributed by atoms with Crippen molar-refractivity contribution >= 4 is 17.9 Å². The van der Waals surface area contributed by atoms with Crippen molar-refractivity contribution in [3.63, 3.8) is 0 Å². The molecule has 262 valence electrons. The lowest BCUT2D eigenvalue weighted by atomic mass is 9.33. The molecule has 0 aromatic carbocycles. The number of esters is 3. The molecule has 10 atom stereocenters. The van der Waals surface area contributed by atoms with Crippen LogP contribution >= 0.6 is 0 Å². The van der Waals surface area contributed by atoms with Crippen LogP contribution in [-0.2, 0) is 28.6 Å². The smallest absolute Gasteiger partial charge is 0.377 e. The fourth-order valence-electron chi connectivity index (χ4n) is 12.1. The van der Waals surface area contributed by atoms with Gasteiger partial charge in [0.25, 0.3) is 0 Å². The van der Waals surface area contributed by atoms with Crippen molar-refractivity contribution in [2.75, 3.05) is 6.61 Å². The van der Waals surface area contributed by atoms with Gasteiger partial charge in [0.1, 0.15) is 18.8 Å². The number of carbonyl (C=O) groups excluding carboxylic acids is 3. The Kier molecular flexibility index (Phi) is 8.02. The minimum absolute atomic E-state index is 0.00995. The monoisotopic (exact) mass is 656 g/mol. The largest absolute Gasteiger partial charge is 0.505 e. The van der Waals surface area contributed by atoms with E-state index in [1.165, 1.54) is 12.5 Å². The Morgan fingerprint density at radius 3 is 2.28 bits per heavy atom. The number of aliphatic hydroxyl groups is 3. The lowest BCUT2D eigenvalue weighted by molar-refractivity contribution is -0.214. The molecule has 0 unspecified atom stereocenters. The summed E-state index contributed by atoms with van der Waals surface area (Å²) in [5, 5.41) is 30.4. The van der Waals surface area contributed by atoms with Crippen LogP contribution in [0, 0.1) is 50.2 Å². The highest BCUT2D eigenvalue weighted by Gasteiger charge is 2.69. The van der Waals surface area contributed by atoms with E-state index < -0.39 is 41.7 Å². The second kappa shape index (κ2) is 11.0. The Balaban J connectivity index is 1.29. The molecular weight excluding hydrogens is 600 g/mol. The number of cyclic esters (lactones) is 1. The first kappa shape index (κ1) is 34.3. The van der Waals surface area contributed by atoms with E-state index in [0.29, 0.717) is 24.7 Å². The molecule has 0 bridgehead atoms. The molecule has 0 amide bonds. The van der Waals surface area contributed by atoms with E-state index in [-0.39, 0.29) is 51.0 Å². The van der Waals surface area contributed by atoms with Crippen molar-refractivity contribution in [1.29, 1.82) is 0 Å². The zero-order valence-electron chi connectivity index (χ0n) is 29.6. The summed E-state index contributed by atoms with van der Waals surface area (Å²) in [6.07, 6.45) is 8.55. The second-order valence-corrected chi connectivity index (χ2v) is 18.1. The van der Waals surface area contributed by atoms with Crippen LogP contribution in [0.15, 0.2) is 23.2 Å². The first-order chi connectivity index (χ1) is 21.7. The minimum atomic E-state index is -1.50. The summed E-state index contributed by atoms with van der Waals surface area (Å²) in [5.74, 6) is -2.41. The zero-order chi connectivity index (χ0) is 34.5. The third-order valence-corrected chi connectivity index (χ3v) is 15.0. The van der Waals surface area contributed by atoms with Crippen molar-refractivity contribution in [3.05, 3.63) is 23.2 Å². The van der Waals surface area contributed by atoms with E-state index >= 15 is 0 Å². The lowest BCUT2D eigenvalue weighted by Crippen LogP contribution is -2.65. The normalized spacial score (nSPS) is 44.1. The highest BCUT2D eigenvalue weighted by atomic mass is 16.6. The van der Waals surface area contributed by atoms with Crippen molar-refractivity contribution in [3.8, 4) is 0 Å². The number of hydrogen-bond donors (Lipinski definition) is 3. The van der Waals surface area contributed by atoms with Gasteiger partial charge < -0.3 is 29.5 Å². The average Bonchev–Trinajstić information content (AvgIpc) is 3.24. The van der Waals surface area contributed by atoms with Crippen LogP contribution in [0.2, 0.25) is 0 Å². The molecule has 3 N–H and O–H groups in total. The molecule has 5 aliphatic carbocycles. The molecule has 0 aromatic heterocycles. The van der Waals surface area contributed by atoms with Crippen LogP contribution in [0.1, 0.15) is 120 Å². The standard InChI is InChI=1S/C38H56O9/c1-21(39)46-27-12-13-35(6)25(34(27,4)5)11-14-37(8)26(35)10-9-22-23-19-33(2,3)15-17-38(23,18-16-36(22,37)7)32(44)45-20-24(40)30-28(41)29(42)31(43)47-30/h9,23-27,30,40-42H,10-20H2,1-8H3/t23-,24-,25-,26+,27-,30+,35-,36+,37+,38-/m0/s1. The SMILES string of the molecule is CC(=O)O[C@H]1CC[C@]2(C)[C@H]3CC=C4[C@@H]5CC(C)(C)CC[C@]5(C(=O)OC[C@H](O)[C@H]5OC(=O)C(O)=C5O)CC[C@@]4(C)[C@]3(C)CC[C@H]2C1(C)C. The molecule has 0 spiro atoms. The van der Waals surface area contributed by atoms with Gasteiger partial charge in [-0.15, -0.1) is 0 Å². The Morgan fingerprint density at radius 1 is 0.957 bits per heavy atom. The third-order valence-electron chi connectivity index (χ3n) is 15.0. The van der Waals surface area contributed by atoms with Crippen LogP contribution in [0.4, 0.5) is 0 Å². The van der Waals surface area contributed by atoms with Gasteiger partial charge in [-0.2, -0.15) is 0 Å². The molecule has 9 heteroatoms. The highest BCUT2D eigenvalue weighted by Crippen LogP contribution is 2.76. The molecule has 4 saturated carbocycles. The van der Waals surface area contributed by atoms with Crippen molar-refractivity contribution < 1.29 is 43.9 Å². The molecule has 1 aliphatic heterocycles. The zero-order valence-corrected chi connectivity index (χ0v) is 29.6. The van der Waals surface area contributed by atoms with Gasteiger partial charge in [0.2, 0.25) is 5.76 Å². The van der Waals surface area contributed by atoms with Gasteiger partial charge in [0, 0.05) is 12.3 Å². The molecule has 47 heavy (non-hydrogen) atoms. The van der Waals surface area contributed by atoms with E-state index in [1.807, 2.05) is 0 Å². The predicted molar refractivity (Wildman–Crippen MR) is 174 cm³/mol. The molecule has 1 heterocycles. The maximum absolute atomic E-state index is 14.2. The van der Waals surface area contributed by atoms with E-state index in [0.717, 1.165) is 51.4 Å². The Bertz CT molecular complexity index is 1410. The number of ether oxygens (including phenoxy) is 3. The first-order valence-corrected chi connectivity index (χ1v) is 17.8. The lowest BCUT2D eigenvalue weighted by Gasteiger charge is -2.71. The fraction of sp³-hybridized carbons (Fsp3) is 0.816. The predicted octanol–water partition coefficient (Wildman–Crippen LogP) is 6.88. The number of rotatable bonds is 5. The molecule has 6 rings (SSSR count). The Labute approximate surface area is 279 Å². The number of aliphatic hydroxyl groups excluding tert-OH is 3. The number of fused-ring (bicyclic) bond motifs is 7. The molecule has 0 aromatic rings. The van der Waals surface area contributed by atoms with Gasteiger partial charge in [-0.25, -0.2) is 4.79 Å². The maximum atomic E-state index is 14.2. The third kappa shape index (κ3) is 4.90. The topological polar surface area (TPSA) is 140 Å². The number of allylic oxidation sites excluding steroid dienone is 2. The van der Waals surface area contributed by atoms with Gasteiger partial charge in [0.05, 0.1) is 5.41 Å². The molecular formula is C38H56O9. The summed E-state index contributed by atoms with van der Waals surface area (Å²) in [6.45, 7) is 17.7. The van der Waals surface area contributed by atoms with Crippen molar-refractivity contribution in [2.45, 2.75) is 138 Å². The molecule has 4 fully saturated rings. The van der Waals surface area contributed by atoms with Gasteiger partial charge in [-0.1, -0.05) is 60.1 Å².